The Morgan fingerprint density at radius 3 is 2.21 bits per heavy atom. The Labute approximate surface area is 230 Å². The van der Waals surface area contributed by atoms with Crippen LogP contribution in [-0.4, -0.2) is 59.0 Å². The summed E-state index contributed by atoms with van der Waals surface area (Å²) in [4.78, 5) is 33.0. The summed E-state index contributed by atoms with van der Waals surface area (Å²) in [5.41, 5.74) is 2.39. The number of carbonyl (C=O) groups excluding carboxylic acids is 2. The molecule has 0 saturated carbocycles. The van der Waals surface area contributed by atoms with Crippen LogP contribution in [0.15, 0.2) is 66.9 Å². The molecule has 0 N–H and O–H groups in total. The highest BCUT2D eigenvalue weighted by Crippen LogP contribution is 2.40. The Hall–Kier alpha value is -3.49. The van der Waals surface area contributed by atoms with Crippen molar-refractivity contribution in [2.24, 2.45) is 11.3 Å². The first-order valence-electron chi connectivity index (χ1n) is 13.3. The third kappa shape index (κ3) is 6.94. The first kappa shape index (κ1) is 28.5. The van der Waals surface area contributed by atoms with E-state index in [0.29, 0.717) is 25.6 Å². The summed E-state index contributed by atoms with van der Waals surface area (Å²) in [5, 5.41) is 0. The highest BCUT2D eigenvalue weighted by molar-refractivity contribution is 6.32. The van der Waals surface area contributed by atoms with Gasteiger partial charge in [0.25, 0.3) is 0 Å². The van der Waals surface area contributed by atoms with Crippen LogP contribution in [0.5, 0.6) is 0 Å². The number of carbonyl (C=O) groups is 2. The van der Waals surface area contributed by atoms with Gasteiger partial charge in [-0.15, -0.1) is 0 Å². The first-order valence-corrected chi connectivity index (χ1v) is 13.3. The van der Waals surface area contributed by atoms with Gasteiger partial charge in [0.15, 0.2) is 5.79 Å². The van der Waals surface area contributed by atoms with E-state index in [1.807, 2.05) is 68.6 Å². The van der Waals surface area contributed by atoms with E-state index in [9.17, 15) is 9.59 Å². The maximum atomic E-state index is 13.6. The molecule has 3 aromatic rings. The van der Waals surface area contributed by atoms with Crippen molar-refractivity contribution >= 4 is 11.9 Å². The van der Waals surface area contributed by atoms with Gasteiger partial charge in [0.05, 0.1) is 32.1 Å². The maximum absolute atomic E-state index is 13.6. The van der Waals surface area contributed by atoms with Crippen LogP contribution < -0.4 is 0 Å². The molecule has 1 atom stereocenters. The minimum atomic E-state index is -0.910. The maximum Gasteiger partial charge on any atom is 0.396 e. The lowest BCUT2D eigenvalue weighted by Gasteiger charge is -2.42. The average Bonchev–Trinajstić information content (AvgIpc) is 3.31. The second-order valence-electron chi connectivity index (χ2n) is 11.6. The van der Waals surface area contributed by atoms with Gasteiger partial charge in [0.2, 0.25) is 0 Å². The molecular weight excluding hydrogens is 494 g/mol. The molecule has 0 radical (unpaired) electrons. The van der Waals surface area contributed by atoms with Crippen LogP contribution in [0.3, 0.4) is 0 Å². The zero-order valence-electron chi connectivity index (χ0n) is 23.7. The van der Waals surface area contributed by atoms with Gasteiger partial charge in [0.1, 0.15) is 5.82 Å². The zero-order valence-corrected chi connectivity index (χ0v) is 23.7. The van der Waals surface area contributed by atoms with Crippen LogP contribution in [0.4, 0.5) is 0 Å². The SMILES string of the molecule is COC(=O)C(=O)N(CC1COC(C)(C)OC1)[C@@H](c1nc(-c2ccccc2)cn1Cc1ccccc1)C(C)(C)C. The number of methoxy groups -OCH3 is 1. The smallest absolute Gasteiger partial charge is 0.396 e. The molecule has 8 heteroatoms. The minimum Gasteiger partial charge on any atom is -0.462 e. The number of ether oxygens (including phenoxy) is 3. The van der Waals surface area contributed by atoms with Crippen LogP contribution in [0.1, 0.15) is 52.0 Å². The summed E-state index contributed by atoms with van der Waals surface area (Å²) in [6.45, 7) is 11.5. The lowest BCUT2D eigenvalue weighted by atomic mass is 9.84. The molecule has 0 bridgehead atoms. The quantitative estimate of drug-likeness (QED) is 0.311. The van der Waals surface area contributed by atoms with Crippen molar-refractivity contribution in [1.82, 2.24) is 14.5 Å². The van der Waals surface area contributed by atoms with Gasteiger partial charge in [-0.25, -0.2) is 9.78 Å². The van der Waals surface area contributed by atoms with Gasteiger partial charge in [-0.2, -0.15) is 0 Å². The lowest BCUT2D eigenvalue weighted by molar-refractivity contribution is -0.263. The van der Waals surface area contributed by atoms with Crippen molar-refractivity contribution in [3.05, 3.63) is 78.2 Å². The van der Waals surface area contributed by atoms with Crippen molar-refractivity contribution in [3.63, 3.8) is 0 Å². The second kappa shape index (κ2) is 11.7. The minimum absolute atomic E-state index is 0.123. The second-order valence-corrected chi connectivity index (χ2v) is 11.6. The standard InChI is InChI=1S/C31H39N3O5/c1-30(2,3)26(34(28(35)29(36)37-6)18-23-20-38-31(4,5)39-21-23)27-32-25(24-15-11-8-12-16-24)19-33(27)17-22-13-9-7-10-14-22/h7-16,19,23,26H,17-18,20-21H2,1-6H3/t26-/m0/s1. The van der Waals surface area contributed by atoms with Crippen LogP contribution in [-0.2, 0) is 30.3 Å². The van der Waals surface area contributed by atoms with E-state index >= 15 is 0 Å². The van der Waals surface area contributed by atoms with Gasteiger partial charge < -0.3 is 23.7 Å². The van der Waals surface area contributed by atoms with E-state index in [4.69, 9.17) is 19.2 Å². The molecule has 4 rings (SSSR count). The number of imidazole rings is 1. The van der Waals surface area contributed by atoms with Crippen molar-refractivity contribution in [1.29, 1.82) is 0 Å². The van der Waals surface area contributed by atoms with E-state index < -0.39 is 29.1 Å². The highest BCUT2D eigenvalue weighted by Gasteiger charge is 2.42. The summed E-state index contributed by atoms with van der Waals surface area (Å²) in [6, 6.07) is 19.5. The zero-order chi connectivity index (χ0) is 28.2. The Morgan fingerprint density at radius 1 is 1.05 bits per heavy atom. The molecule has 1 aliphatic rings. The number of benzene rings is 2. The molecule has 8 nitrogen and oxygen atoms in total. The highest BCUT2D eigenvalue weighted by atomic mass is 16.7. The molecule has 1 aliphatic heterocycles. The number of nitrogens with zero attached hydrogens (tertiary/aromatic N) is 3. The van der Waals surface area contributed by atoms with E-state index in [-0.39, 0.29) is 12.5 Å². The molecule has 1 amide bonds. The fraction of sp³-hybridized carbons (Fsp3) is 0.452. The number of aromatic nitrogens is 2. The molecule has 2 aromatic carbocycles. The molecule has 0 aliphatic carbocycles. The molecular formula is C31H39N3O5. The summed E-state index contributed by atoms with van der Waals surface area (Å²) in [7, 11) is 1.23. The number of amides is 1. The molecule has 0 spiro atoms. The molecule has 0 unspecified atom stereocenters. The van der Waals surface area contributed by atoms with Crippen molar-refractivity contribution in [2.75, 3.05) is 26.9 Å². The predicted octanol–water partition coefficient (Wildman–Crippen LogP) is 5.09. The van der Waals surface area contributed by atoms with Crippen molar-refractivity contribution in [3.8, 4) is 11.3 Å². The Kier molecular flexibility index (Phi) is 8.57. The molecule has 39 heavy (non-hydrogen) atoms. The molecule has 208 valence electrons. The third-order valence-corrected chi connectivity index (χ3v) is 6.86. The van der Waals surface area contributed by atoms with Crippen LogP contribution in [0, 0.1) is 11.3 Å². The van der Waals surface area contributed by atoms with Crippen molar-refractivity contribution < 1.29 is 23.8 Å². The summed E-state index contributed by atoms with van der Waals surface area (Å²) in [6.07, 6.45) is 2.02. The Morgan fingerprint density at radius 2 is 1.64 bits per heavy atom. The summed E-state index contributed by atoms with van der Waals surface area (Å²) < 4.78 is 18.7. The van der Waals surface area contributed by atoms with Crippen molar-refractivity contribution in [2.45, 2.75) is 53.0 Å². The van der Waals surface area contributed by atoms with Crippen LogP contribution >= 0.6 is 0 Å². The average molecular weight is 534 g/mol. The van der Waals surface area contributed by atoms with Crippen LogP contribution in [0.2, 0.25) is 0 Å². The van der Waals surface area contributed by atoms with E-state index in [0.717, 1.165) is 16.8 Å². The van der Waals surface area contributed by atoms with Gasteiger partial charge in [-0.05, 0) is 24.8 Å². The van der Waals surface area contributed by atoms with E-state index in [1.54, 1.807) is 4.90 Å². The Bertz CT molecular complexity index is 1250. The van der Waals surface area contributed by atoms with Gasteiger partial charge in [-0.1, -0.05) is 81.4 Å². The molecule has 1 aromatic heterocycles. The van der Waals surface area contributed by atoms with Gasteiger partial charge in [0, 0.05) is 30.8 Å². The van der Waals surface area contributed by atoms with E-state index in [2.05, 4.69) is 37.5 Å². The molecule has 1 fully saturated rings. The topological polar surface area (TPSA) is 82.9 Å². The normalized spacial score (nSPS) is 16.5. The van der Waals surface area contributed by atoms with Gasteiger partial charge >= 0.3 is 11.9 Å². The van der Waals surface area contributed by atoms with Gasteiger partial charge in [-0.3, -0.25) is 4.79 Å². The fourth-order valence-electron chi connectivity index (χ4n) is 4.92. The Balaban J connectivity index is 1.81. The number of esters is 1. The lowest BCUT2D eigenvalue weighted by Crippen LogP contribution is -2.50. The monoisotopic (exact) mass is 533 g/mol. The number of rotatable bonds is 7. The molecule has 1 saturated heterocycles. The number of hydrogen-bond donors (Lipinski definition) is 0. The first-order chi connectivity index (χ1) is 18.5. The summed E-state index contributed by atoms with van der Waals surface area (Å²) >= 11 is 0. The summed E-state index contributed by atoms with van der Waals surface area (Å²) in [5.74, 6) is -1.74. The van der Waals surface area contributed by atoms with E-state index in [1.165, 1.54) is 7.11 Å². The largest absolute Gasteiger partial charge is 0.462 e. The number of hydrogen-bond acceptors (Lipinski definition) is 6. The van der Waals surface area contributed by atoms with Crippen LogP contribution in [0.25, 0.3) is 11.3 Å². The third-order valence-electron chi connectivity index (χ3n) is 6.86. The predicted molar refractivity (Wildman–Crippen MR) is 149 cm³/mol. The fourth-order valence-corrected chi connectivity index (χ4v) is 4.92. The molecule has 2 heterocycles.